The second kappa shape index (κ2) is 7.04. The van der Waals surface area contributed by atoms with Crippen molar-refractivity contribution in [1.82, 2.24) is 15.5 Å². The number of ether oxygens (including phenoxy) is 1. The standard InChI is InChI=1S/C15H20BrN3O2/c1-5-11(9(2)17-3)15-18-14(19-21-15)10-6-7-13(20-4)12(16)8-10/h6-9,11,17H,5H2,1-4H3. The highest BCUT2D eigenvalue weighted by molar-refractivity contribution is 9.10. The molecule has 6 heteroatoms. The van der Waals surface area contributed by atoms with Gasteiger partial charge in [-0.15, -0.1) is 0 Å². The molecule has 2 atom stereocenters. The van der Waals surface area contributed by atoms with Crippen molar-refractivity contribution in [2.24, 2.45) is 0 Å². The van der Waals surface area contributed by atoms with Crippen LogP contribution in [0.3, 0.4) is 0 Å². The fourth-order valence-electron chi connectivity index (χ4n) is 2.25. The third-order valence-electron chi connectivity index (χ3n) is 3.67. The number of rotatable bonds is 6. The molecular formula is C15H20BrN3O2. The van der Waals surface area contributed by atoms with Crippen LogP contribution in [0.5, 0.6) is 5.75 Å². The molecule has 5 nitrogen and oxygen atoms in total. The van der Waals surface area contributed by atoms with Crippen LogP contribution >= 0.6 is 15.9 Å². The molecule has 2 aromatic rings. The lowest BCUT2D eigenvalue weighted by atomic mass is 9.98. The van der Waals surface area contributed by atoms with E-state index in [4.69, 9.17) is 9.26 Å². The normalized spacial score (nSPS) is 14.0. The van der Waals surface area contributed by atoms with E-state index in [-0.39, 0.29) is 12.0 Å². The third-order valence-corrected chi connectivity index (χ3v) is 4.29. The van der Waals surface area contributed by atoms with E-state index in [1.54, 1.807) is 7.11 Å². The maximum atomic E-state index is 5.44. The molecule has 1 N–H and O–H groups in total. The van der Waals surface area contributed by atoms with Crippen molar-refractivity contribution < 1.29 is 9.26 Å². The van der Waals surface area contributed by atoms with E-state index in [0.717, 1.165) is 22.2 Å². The van der Waals surface area contributed by atoms with Gasteiger partial charge in [0.15, 0.2) is 0 Å². The number of aromatic nitrogens is 2. The molecule has 0 aliphatic rings. The molecule has 21 heavy (non-hydrogen) atoms. The van der Waals surface area contributed by atoms with Gasteiger partial charge < -0.3 is 14.6 Å². The molecule has 1 heterocycles. The monoisotopic (exact) mass is 353 g/mol. The van der Waals surface area contributed by atoms with E-state index in [9.17, 15) is 0 Å². The van der Waals surface area contributed by atoms with E-state index < -0.39 is 0 Å². The van der Waals surface area contributed by atoms with Gasteiger partial charge in [0, 0.05) is 11.6 Å². The fraction of sp³-hybridized carbons (Fsp3) is 0.467. The largest absolute Gasteiger partial charge is 0.496 e. The van der Waals surface area contributed by atoms with Crippen LogP contribution in [-0.4, -0.2) is 30.3 Å². The summed E-state index contributed by atoms with van der Waals surface area (Å²) in [6, 6.07) is 6.01. The van der Waals surface area contributed by atoms with Crippen molar-refractivity contribution in [3.8, 4) is 17.1 Å². The summed E-state index contributed by atoms with van der Waals surface area (Å²) in [5.41, 5.74) is 0.893. The first-order chi connectivity index (χ1) is 10.1. The Morgan fingerprint density at radius 1 is 1.43 bits per heavy atom. The average molecular weight is 354 g/mol. The molecule has 1 aromatic carbocycles. The predicted octanol–water partition coefficient (Wildman–Crippen LogP) is 3.61. The summed E-state index contributed by atoms with van der Waals surface area (Å²) in [7, 11) is 3.57. The molecule has 0 radical (unpaired) electrons. The van der Waals surface area contributed by atoms with Crippen LogP contribution < -0.4 is 10.1 Å². The fourth-order valence-corrected chi connectivity index (χ4v) is 2.79. The first-order valence-electron chi connectivity index (χ1n) is 6.95. The number of nitrogens with zero attached hydrogens (tertiary/aromatic N) is 2. The van der Waals surface area contributed by atoms with Crippen molar-refractivity contribution >= 4 is 15.9 Å². The van der Waals surface area contributed by atoms with E-state index in [1.807, 2.05) is 25.2 Å². The zero-order valence-corrected chi connectivity index (χ0v) is 14.3. The van der Waals surface area contributed by atoms with Gasteiger partial charge in [-0.05, 0) is 54.5 Å². The number of nitrogens with one attached hydrogen (secondary N) is 1. The molecule has 0 amide bonds. The van der Waals surface area contributed by atoms with E-state index in [1.165, 1.54) is 0 Å². The van der Waals surface area contributed by atoms with Crippen molar-refractivity contribution in [2.45, 2.75) is 32.2 Å². The highest BCUT2D eigenvalue weighted by Gasteiger charge is 2.23. The number of likely N-dealkylation sites (N-methyl/N-ethyl adjacent to an activating group) is 1. The summed E-state index contributed by atoms with van der Waals surface area (Å²) < 4.78 is 11.5. The molecule has 0 aliphatic heterocycles. The average Bonchev–Trinajstić information content (AvgIpc) is 2.97. The minimum Gasteiger partial charge on any atom is -0.496 e. The van der Waals surface area contributed by atoms with E-state index >= 15 is 0 Å². The molecular weight excluding hydrogens is 334 g/mol. The SMILES string of the molecule is CCC(c1nc(-c2ccc(OC)c(Br)c2)no1)C(C)NC. The van der Waals surface area contributed by atoms with Crippen LogP contribution in [0, 0.1) is 0 Å². The highest BCUT2D eigenvalue weighted by Crippen LogP contribution is 2.30. The Morgan fingerprint density at radius 2 is 2.19 bits per heavy atom. The Morgan fingerprint density at radius 3 is 2.76 bits per heavy atom. The van der Waals surface area contributed by atoms with Crippen molar-refractivity contribution in [3.05, 3.63) is 28.6 Å². The van der Waals surface area contributed by atoms with Gasteiger partial charge >= 0.3 is 0 Å². The van der Waals surface area contributed by atoms with Gasteiger partial charge in [-0.25, -0.2) is 0 Å². The lowest BCUT2D eigenvalue weighted by molar-refractivity contribution is 0.322. The molecule has 0 spiro atoms. The zero-order chi connectivity index (χ0) is 15.4. The van der Waals surface area contributed by atoms with Crippen LogP contribution in [0.25, 0.3) is 11.4 Å². The van der Waals surface area contributed by atoms with Crippen LogP contribution in [0.15, 0.2) is 27.2 Å². The lowest BCUT2D eigenvalue weighted by Gasteiger charge is -2.17. The van der Waals surface area contributed by atoms with Crippen molar-refractivity contribution in [1.29, 1.82) is 0 Å². The minimum atomic E-state index is 0.206. The van der Waals surface area contributed by atoms with Gasteiger partial charge in [0.05, 0.1) is 17.5 Å². The Labute approximate surface area is 133 Å². The number of hydrogen-bond donors (Lipinski definition) is 1. The molecule has 1 aromatic heterocycles. The van der Waals surface area contributed by atoms with Crippen LogP contribution in [0.4, 0.5) is 0 Å². The van der Waals surface area contributed by atoms with Crippen LogP contribution in [0.2, 0.25) is 0 Å². The third kappa shape index (κ3) is 3.44. The second-order valence-corrected chi connectivity index (χ2v) is 5.75. The number of methoxy groups -OCH3 is 1. The van der Waals surface area contributed by atoms with Gasteiger partial charge in [0.1, 0.15) is 5.75 Å². The molecule has 0 aliphatic carbocycles. The van der Waals surface area contributed by atoms with Gasteiger partial charge in [-0.1, -0.05) is 12.1 Å². The Hall–Kier alpha value is -1.40. The summed E-state index contributed by atoms with van der Waals surface area (Å²) in [5, 5.41) is 7.33. The minimum absolute atomic E-state index is 0.206. The van der Waals surface area contributed by atoms with Gasteiger partial charge in [-0.2, -0.15) is 4.98 Å². The molecule has 0 saturated heterocycles. The molecule has 114 valence electrons. The quantitative estimate of drug-likeness (QED) is 0.859. The molecule has 0 fully saturated rings. The summed E-state index contributed by atoms with van der Waals surface area (Å²) >= 11 is 3.47. The predicted molar refractivity (Wildman–Crippen MR) is 85.5 cm³/mol. The number of benzene rings is 1. The summed E-state index contributed by atoms with van der Waals surface area (Å²) in [4.78, 5) is 4.54. The summed E-state index contributed by atoms with van der Waals surface area (Å²) in [6.45, 7) is 4.23. The summed E-state index contributed by atoms with van der Waals surface area (Å²) in [6.07, 6.45) is 0.940. The van der Waals surface area contributed by atoms with Crippen LogP contribution in [0.1, 0.15) is 32.1 Å². The first-order valence-corrected chi connectivity index (χ1v) is 7.74. The topological polar surface area (TPSA) is 60.2 Å². The zero-order valence-electron chi connectivity index (χ0n) is 12.7. The second-order valence-electron chi connectivity index (χ2n) is 4.90. The Kier molecular flexibility index (Phi) is 5.36. The number of hydrogen-bond acceptors (Lipinski definition) is 5. The molecule has 0 bridgehead atoms. The first kappa shape index (κ1) is 16.0. The molecule has 2 unspecified atom stereocenters. The molecule has 2 rings (SSSR count). The van der Waals surface area contributed by atoms with Gasteiger partial charge in [0.2, 0.25) is 11.7 Å². The Bertz CT molecular complexity index is 600. The smallest absolute Gasteiger partial charge is 0.231 e. The Balaban J connectivity index is 2.29. The highest BCUT2D eigenvalue weighted by atomic mass is 79.9. The number of halogens is 1. The van der Waals surface area contributed by atoms with Crippen molar-refractivity contribution in [3.63, 3.8) is 0 Å². The molecule has 0 saturated carbocycles. The van der Waals surface area contributed by atoms with E-state index in [0.29, 0.717) is 11.7 Å². The summed E-state index contributed by atoms with van der Waals surface area (Å²) in [5.74, 6) is 2.24. The van der Waals surface area contributed by atoms with Crippen LogP contribution in [-0.2, 0) is 0 Å². The van der Waals surface area contributed by atoms with Crippen molar-refractivity contribution in [2.75, 3.05) is 14.2 Å². The lowest BCUT2D eigenvalue weighted by Crippen LogP contribution is -2.28. The maximum Gasteiger partial charge on any atom is 0.231 e. The van der Waals surface area contributed by atoms with Gasteiger partial charge in [-0.3, -0.25) is 0 Å². The van der Waals surface area contributed by atoms with E-state index in [2.05, 4.69) is 45.2 Å². The maximum absolute atomic E-state index is 5.44. The van der Waals surface area contributed by atoms with Gasteiger partial charge in [0.25, 0.3) is 0 Å².